The Labute approximate surface area is 125 Å². The van der Waals surface area contributed by atoms with Gasteiger partial charge in [-0.1, -0.05) is 12.1 Å². The van der Waals surface area contributed by atoms with Gasteiger partial charge in [-0.15, -0.1) is 0 Å². The third kappa shape index (κ3) is 4.19. The molecule has 1 saturated heterocycles. The smallest absolute Gasteiger partial charge is 0.309 e. The van der Waals surface area contributed by atoms with Gasteiger partial charge in [0.05, 0.1) is 20.1 Å². The van der Waals surface area contributed by atoms with Crippen LogP contribution in [0.4, 0.5) is 0 Å². The zero-order valence-electron chi connectivity index (χ0n) is 13.0. The van der Waals surface area contributed by atoms with Crippen LogP contribution in [0.1, 0.15) is 25.0 Å². The summed E-state index contributed by atoms with van der Waals surface area (Å²) in [6, 6.07) is 5.66. The molecule has 0 spiro atoms. The number of hydrogen-bond donors (Lipinski definition) is 0. The Kier molecular flexibility index (Phi) is 4.85. The fourth-order valence-corrected chi connectivity index (χ4v) is 2.26. The van der Waals surface area contributed by atoms with Crippen molar-refractivity contribution in [1.29, 1.82) is 0 Å². The number of benzene rings is 1. The lowest BCUT2D eigenvalue weighted by Crippen LogP contribution is -2.25. The van der Waals surface area contributed by atoms with E-state index in [1.165, 1.54) is 7.11 Å². The normalized spacial score (nSPS) is 20.3. The lowest BCUT2D eigenvalue weighted by atomic mass is 10.1. The second-order valence-electron chi connectivity index (χ2n) is 5.55. The van der Waals surface area contributed by atoms with Gasteiger partial charge in [0.1, 0.15) is 18.5 Å². The van der Waals surface area contributed by atoms with E-state index < -0.39 is 5.79 Å². The molecule has 1 aromatic rings. The summed E-state index contributed by atoms with van der Waals surface area (Å²) < 4.78 is 21.7. The predicted octanol–water partition coefficient (Wildman–Crippen LogP) is 2.24. The third-order valence-electron chi connectivity index (χ3n) is 3.45. The maximum atomic E-state index is 11.4. The minimum atomic E-state index is -0.546. The average molecular weight is 294 g/mol. The Balaban J connectivity index is 1.97. The molecule has 0 bridgehead atoms. The van der Waals surface area contributed by atoms with Crippen molar-refractivity contribution in [2.45, 2.75) is 39.1 Å². The summed E-state index contributed by atoms with van der Waals surface area (Å²) in [6.07, 6.45) is 0.166. The maximum absolute atomic E-state index is 11.4. The Hall–Kier alpha value is -1.59. The van der Waals surface area contributed by atoms with Crippen LogP contribution in [0.15, 0.2) is 18.2 Å². The summed E-state index contributed by atoms with van der Waals surface area (Å²) in [4.78, 5) is 11.4. The molecule has 0 saturated carbocycles. The first-order valence-electron chi connectivity index (χ1n) is 7.01. The SMILES string of the molecule is COC(=O)Cc1cccc(OCC2COC(C)(C)O2)c1C. The molecule has 0 N–H and O–H groups in total. The number of rotatable bonds is 5. The van der Waals surface area contributed by atoms with Crippen LogP contribution >= 0.6 is 0 Å². The number of hydrogen-bond acceptors (Lipinski definition) is 5. The summed E-state index contributed by atoms with van der Waals surface area (Å²) >= 11 is 0. The highest BCUT2D eigenvalue weighted by Crippen LogP contribution is 2.25. The molecule has 1 unspecified atom stereocenters. The summed E-state index contributed by atoms with van der Waals surface area (Å²) in [5, 5.41) is 0. The van der Waals surface area contributed by atoms with Gasteiger partial charge in [0, 0.05) is 0 Å². The number of carbonyl (C=O) groups is 1. The van der Waals surface area contributed by atoms with Crippen molar-refractivity contribution in [3.63, 3.8) is 0 Å². The summed E-state index contributed by atoms with van der Waals surface area (Å²) in [6.45, 7) is 6.65. The number of esters is 1. The van der Waals surface area contributed by atoms with Crippen molar-refractivity contribution in [2.24, 2.45) is 0 Å². The van der Waals surface area contributed by atoms with E-state index in [0.29, 0.717) is 13.2 Å². The first kappa shape index (κ1) is 15.8. The first-order chi connectivity index (χ1) is 9.91. The fraction of sp³-hybridized carbons (Fsp3) is 0.562. The van der Waals surface area contributed by atoms with Crippen molar-refractivity contribution >= 4 is 5.97 Å². The first-order valence-corrected chi connectivity index (χ1v) is 7.01. The Morgan fingerprint density at radius 2 is 2.19 bits per heavy atom. The molecule has 1 aliphatic heterocycles. The highest BCUT2D eigenvalue weighted by atomic mass is 16.7. The van der Waals surface area contributed by atoms with Crippen LogP contribution in [-0.2, 0) is 25.4 Å². The van der Waals surface area contributed by atoms with Gasteiger partial charge in [0.15, 0.2) is 5.79 Å². The van der Waals surface area contributed by atoms with Crippen molar-refractivity contribution in [3.05, 3.63) is 29.3 Å². The van der Waals surface area contributed by atoms with Crippen molar-refractivity contribution in [3.8, 4) is 5.75 Å². The van der Waals surface area contributed by atoms with Gasteiger partial charge in [0.25, 0.3) is 0 Å². The molecule has 21 heavy (non-hydrogen) atoms. The zero-order chi connectivity index (χ0) is 15.5. The summed E-state index contributed by atoms with van der Waals surface area (Å²) in [7, 11) is 1.39. The average Bonchev–Trinajstić information content (AvgIpc) is 2.79. The topological polar surface area (TPSA) is 54.0 Å². The van der Waals surface area contributed by atoms with E-state index in [0.717, 1.165) is 16.9 Å². The maximum Gasteiger partial charge on any atom is 0.309 e. The third-order valence-corrected chi connectivity index (χ3v) is 3.45. The molecule has 1 fully saturated rings. The summed E-state index contributed by atoms with van der Waals surface area (Å²) in [5.74, 6) is -0.0512. The van der Waals surface area contributed by atoms with E-state index in [1.54, 1.807) is 0 Å². The van der Waals surface area contributed by atoms with E-state index in [2.05, 4.69) is 0 Å². The molecule has 1 atom stereocenters. The van der Waals surface area contributed by atoms with Crippen LogP contribution in [0.25, 0.3) is 0 Å². The minimum Gasteiger partial charge on any atom is -0.491 e. The second-order valence-corrected chi connectivity index (χ2v) is 5.55. The quantitative estimate of drug-likeness (QED) is 0.780. The van der Waals surface area contributed by atoms with Crippen molar-refractivity contribution in [1.82, 2.24) is 0 Å². The zero-order valence-corrected chi connectivity index (χ0v) is 13.0. The lowest BCUT2D eigenvalue weighted by molar-refractivity contribution is -0.141. The van der Waals surface area contributed by atoms with Gasteiger partial charge in [0.2, 0.25) is 0 Å². The number of methoxy groups -OCH3 is 1. The lowest BCUT2D eigenvalue weighted by Gasteiger charge is -2.18. The molecule has 1 aliphatic rings. The van der Waals surface area contributed by atoms with Crippen LogP contribution in [0.2, 0.25) is 0 Å². The largest absolute Gasteiger partial charge is 0.491 e. The molecule has 0 radical (unpaired) electrons. The Bertz CT molecular complexity index is 509. The molecule has 0 amide bonds. The van der Waals surface area contributed by atoms with E-state index in [4.69, 9.17) is 18.9 Å². The monoisotopic (exact) mass is 294 g/mol. The highest BCUT2D eigenvalue weighted by molar-refractivity contribution is 5.73. The molecule has 5 heteroatoms. The standard InChI is InChI=1S/C16H22O5/c1-11-12(8-15(17)18-4)6-5-7-14(11)19-9-13-10-20-16(2,3)21-13/h5-7,13H,8-10H2,1-4H3. The van der Waals surface area contributed by atoms with Crippen molar-refractivity contribution in [2.75, 3.05) is 20.3 Å². The van der Waals surface area contributed by atoms with Gasteiger partial charge >= 0.3 is 5.97 Å². The fourth-order valence-electron chi connectivity index (χ4n) is 2.26. The molecular formula is C16H22O5. The molecule has 1 aromatic carbocycles. The van der Waals surface area contributed by atoms with E-state index in [1.807, 2.05) is 39.0 Å². The Morgan fingerprint density at radius 1 is 1.43 bits per heavy atom. The van der Waals surface area contributed by atoms with Gasteiger partial charge < -0.3 is 18.9 Å². The van der Waals surface area contributed by atoms with Crippen molar-refractivity contribution < 1.29 is 23.7 Å². The van der Waals surface area contributed by atoms with Crippen LogP contribution in [0, 0.1) is 6.92 Å². The summed E-state index contributed by atoms with van der Waals surface area (Å²) in [5.41, 5.74) is 1.85. The number of ether oxygens (including phenoxy) is 4. The number of carbonyl (C=O) groups excluding carboxylic acids is 1. The van der Waals surface area contributed by atoms with Gasteiger partial charge in [-0.25, -0.2) is 0 Å². The van der Waals surface area contributed by atoms with Gasteiger partial charge in [-0.3, -0.25) is 4.79 Å². The van der Waals surface area contributed by atoms with E-state index in [9.17, 15) is 4.79 Å². The second kappa shape index (κ2) is 6.45. The van der Waals surface area contributed by atoms with Gasteiger partial charge in [-0.05, 0) is 38.0 Å². The Morgan fingerprint density at radius 3 is 2.81 bits per heavy atom. The van der Waals surface area contributed by atoms with Gasteiger partial charge in [-0.2, -0.15) is 0 Å². The van der Waals surface area contributed by atoms with Crippen LogP contribution < -0.4 is 4.74 Å². The molecule has 116 valence electrons. The molecular weight excluding hydrogens is 272 g/mol. The molecule has 0 aromatic heterocycles. The minimum absolute atomic E-state index is 0.0799. The van der Waals surface area contributed by atoms with Crippen LogP contribution in [0.3, 0.4) is 0 Å². The van der Waals surface area contributed by atoms with Crippen LogP contribution in [-0.4, -0.2) is 38.2 Å². The molecule has 0 aliphatic carbocycles. The van der Waals surface area contributed by atoms with E-state index >= 15 is 0 Å². The molecule has 1 heterocycles. The molecule has 5 nitrogen and oxygen atoms in total. The molecule has 2 rings (SSSR count). The van der Waals surface area contributed by atoms with Crippen LogP contribution in [0.5, 0.6) is 5.75 Å². The predicted molar refractivity (Wildman–Crippen MR) is 77.3 cm³/mol. The van der Waals surface area contributed by atoms with E-state index in [-0.39, 0.29) is 18.5 Å². The highest BCUT2D eigenvalue weighted by Gasteiger charge is 2.33.